The Morgan fingerprint density at radius 2 is 2.14 bits per heavy atom. The number of benzene rings is 1. The highest BCUT2D eigenvalue weighted by molar-refractivity contribution is 6.30. The molecule has 2 atom stereocenters. The monoisotopic (exact) mass is 310 g/mol. The van der Waals surface area contributed by atoms with Gasteiger partial charge >= 0.3 is 12.0 Å². The van der Waals surface area contributed by atoms with Gasteiger partial charge in [0, 0.05) is 16.8 Å². The highest BCUT2D eigenvalue weighted by atomic mass is 35.5. The van der Waals surface area contributed by atoms with Gasteiger partial charge in [-0.3, -0.25) is 4.79 Å². The van der Waals surface area contributed by atoms with E-state index in [0.717, 1.165) is 12.8 Å². The lowest BCUT2D eigenvalue weighted by Crippen LogP contribution is -2.53. The van der Waals surface area contributed by atoms with Crippen LogP contribution in [0.25, 0.3) is 0 Å². The van der Waals surface area contributed by atoms with Crippen LogP contribution in [0.3, 0.4) is 0 Å². The Kier molecular flexibility index (Phi) is 4.73. The van der Waals surface area contributed by atoms with E-state index in [2.05, 4.69) is 10.6 Å². The first-order chi connectivity index (χ1) is 9.91. The van der Waals surface area contributed by atoms with E-state index in [4.69, 9.17) is 11.6 Å². The van der Waals surface area contributed by atoms with Gasteiger partial charge < -0.3 is 15.7 Å². The largest absolute Gasteiger partial charge is 0.481 e. The van der Waals surface area contributed by atoms with Crippen LogP contribution < -0.4 is 10.6 Å². The third-order valence-electron chi connectivity index (χ3n) is 4.08. The molecule has 0 heterocycles. The van der Waals surface area contributed by atoms with Crippen molar-refractivity contribution in [2.75, 3.05) is 5.32 Å². The van der Waals surface area contributed by atoms with Crippen LogP contribution in [-0.2, 0) is 4.79 Å². The van der Waals surface area contributed by atoms with Gasteiger partial charge in [0.15, 0.2) is 0 Å². The van der Waals surface area contributed by atoms with Crippen molar-refractivity contribution in [3.63, 3.8) is 0 Å². The van der Waals surface area contributed by atoms with Gasteiger partial charge in [0.05, 0.1) is 5.41 Å². The summed E-state index contributed by atoms with van der Waals surface area (Å²) in [5.74, 6) is -0.866. The third kappa shape index (κ3) is 3.67. The number of hydrogen-bond donors (Lipinski definition) is 3. The molecule has 114 valence electrons. The molecule has 0 radical (unpaired) electrons. The first kappa shape index (κ1) is 15.6. The van der Waals surface area contributed by atoms with E-state index in [1.165, 1.54) is 0 Å². The molecule has 0 saturated heterocycles. The van der Waals surface area contributed by atoms with E-state index >= 15 is 0 Å². The Bertz CT molecular complexity index is 549. The predicted molar refractivity (Wildman–Crippen MR) is 81.6 cm³/mol. The number of carboxylic acid groups (broad SMARTS) is 1. The van der Waals surface area contributed by atoms with Gasteiger partial charge in [0.1, 0.15) is 0 Å². The predicted octanol–water partition coefficient (Wildman–Crippen LogP) is 3.50. The van der Waals surface area contributed by atoms with E-state index in [9.17, 15) is 14.7 Å². The minimum absolute atomic E-state index is 0.372. The number of amides is 2. The molecule has 1 aromatic carbocycles. The third-order valence-corrected chi connectivity index (χ3v) is 4.32. The molecular formula is C15H19ClN2O3. The molecule has 0 aliphatic heterocycles. The molecule has 2 rings (SSSR count). The van der Waals surface area contributed by atoms with Gasteiger partial charge in [0.25, 0.3) is 0 Å². The fourth-order valence-corrected chi connectivity index (χ4v) is 2.90. The van der Waals surface area contributed by atoms with E-state index in [1.54, 1.807) is 31.2 Å². The zero-order valence-corrected chi connectivity index (χ0v) is 12.6. The molecule has 5 nitrogen and oxygen atoms in total. The fraction of sp³-hybridized carbons (Fsp3) is 0.467. The number of hydrogen-bond acceptors (Lipinski definition) is 2. The molecule has 2 unspecified atom stereocenters. The molecule has 6 heteroatoms. The van der Waals surface area contributed by atoms with E-state index in [1.807, 2.05) is 0 Å². The van der Waals surface area contributed by atoms with Crippen LogP contribution in [0.1, 0.15) is 32.6 Å². The number of rotatable bonds is 3. The van der Waals surface area contributed by atoms with Crippen molar-refractivity contribution >= 4 is 29.3 Å². The quantitative estimate of drug-likeness (QED) is 0.799. The number of nitrogens with one attached hydrogen (secondary N) is 2. The molecule has 2 amide bonds. The Morgan fingerprint density at radius 1 is 1.38 bits per heavy atom. The molecule has 1 aliphatic carbocycles. The summed E-state index contributed by atoms with van der Waals surface area (Å²) in [5, 5.41) is 15.4. The molecule has 0 aromatic heterocycles. The second-order valence-electron chi connectivity index (χ2n) is 5.63. The number of halogens is 1. The number of carbonyl (C=O) groups excluding carboxylic acids is 1. The summed E-state index contributed by atoms with van der Waals surface area (Å²) in [6.07, 6.45) is 3.04. The van der Waals surface area contributed by atoms with Gasteiger partial charge in [-0.15, -0.1) is 0 Å². The fourth-order valence-electron chi connectivity index (χ4n) is 2.71. The van der Waals surface area contributed by atoms with E-state index < -0.39 is 17.4 Å². The lowest BCUT2D eigenvalue weighted by Gasteiger charge is -2.38. The maximum Gasteiger partial charge on any atom is 0.319 e. The molecule has 1 aliphatic rings. The summed E-state index contributed by atoms with van der Waals surface area (Å²) in [4.78, 5) is 23.5. The molecule has 3 N–H and O–H groups in total. The Hall–Kier alpha value is -1.75. The number of carbonyl (C=O) groups is 2. The second kappa shape index (κ2) is 6.35. The van der Waals surface area contributed by atoms with Gasteiger partial charge in [-0.05, 0) is 38.0 Å². The highest BCUT2D eigenvalue weighted by Gasteiger charge is 2.43. The van der Waals surface area contributed by atoms with Crippen LogP contribution in [0.2, 0.25) is 5.02 Å². The van der Waals surface area contributed by atoms with Crippen LogP contribution in [0, 0.1) is 5.41 Å². The average Bonchev–Trinajstić information content (AvgIpc) is 2.41. The molecule has 0 spiro atoms. The van der Waals surface area contributed by atoms with Crippen molar-refractivity contribution in [1.82, 2.24) is 5.32 Å². The first-order valence-corrected chi connectivity index (χ1v) is 7.36. The summed E-state index contributed by atoms with van der Waals surface area (Å²) in [6, 6.07) is 6.04. The number of carboxylic acids is 1. The maximum atomic E-state index is 12.0. The summed E-state index contributed by atoms with van der Waals surface area (Å²) in [6.45, 7) is 1.69. The van der Waals surface area contributed by atoms with Crippen LogP contribution in [0.5, 0.6) is 0 Å². The Morgan fingerprint density at radius 3 is 2.81 bits per heavy atom. The van der Waals surface area contributed by atoms with Crippen molar-refractivity contribution < 1.29 is 14.7 Å². The van der Waals surface area contributed by atoms with E-state index in [-0.39, 0.29) is 6.04 Å². The number of urea groups is 1. The second-order valence-corrected chi connectivity index (χ2v) is 6.07. The van der Waals surface area contributed by atoms with Crippen molar-refractivity contribution in [2.45, 2.75) is 38.6 Å². The van der Waals surface area contributed by atoms with Crippen LogP contribution in [-0.4, -0.2) is 23.1 Å². The van der Waals surface area contributed by atoms with Crippen LogP contribution >= 0.6 is 11.6 Å². The zero-order valence-electron chi connectivity index (χ0n) is 11.9. The van der Waals surface area contributed by atoms with Crippen molar-refractivity contribution in [3.05, 3.63) is 29.3 Å². The SMILES string of the molecule is CC1(C(=O)O)CCCCC1NC(=O)Nc1cccc(Cl)c1. The summed E-state index contributed by atoms with van der Waals surface area (Å²) < 4.78 is 0. The normalized spacial score (nSPS) is 25.1. The van der Waals surface area contributed by atoms with Crippen molar-refractivity contribution in [1.29, 1.82) is 0 Å². The molecule has 0 bridgehead atoms. The average molecular weight is 311 g/mol. The maximum absolute atomic E-state index is 12.0. The molecule has 1 saturated carbocycles. The lowest BCUT2D eigenvalue weighted by molar-refractivity contribution is -0.151. The summed E-state index contributed by atoms with van der Waals surface area (Å²) in [7, 11) is 0. The van der Waals surface area contributed by atoms with Crippen molar-refractivity contribution in [2.24, 2.45) is 5.41 Å². The van der Waals surface area contributed by atoms with Crippen molar-refractivity contribution in [3.8, 4) is 0 Å². The standard InChI is InChI=1S/C15H19ClN2O3/c1-15(13(19)20)8-3-2-7-12(15)18-14(21)17-11-6-4-5-10(16)9-11/h4-6,9,12H,2-3,7-8H2,1H3,(H,19,20)(H2,17,18,21). The zero-order chi connectivity index (χ0) is 15.5. The minimum atomic E-state index is -0.913. The van der Waals surface area contributed by atoms with Gasteiger partial charge in [-0.2, -0.15) is 0 Å². The smallest absolute Gasteiger partial charge is 0.319 e. The Balaban J connectivity index is 2.02. The molecular weight excluding hydrogens is 292 g/mol. The van der Waals surface area contributed by atoms with Gasteiger partial charge in [-0.1, -0.05) is 30.5 Å². The van der Waals surface area contributed by atoms with E-state index in [0.29, 0.717) is 23.6 Å². The summed E-state index contributed by atoms with van der Waals surface area (Å²) in [5.41, 5.74) is -0.336. The van der Waals surface area contributed by atoms with Gasteiger partial charge in [0.2, 0.25) is 0 Å². The highest BCUT2D eigenvalue weighted by Crippen LogP contribution is 2.36. The molecule has 21 heavy (non-hydrogen) atoms. The number of aliphatic carboxylic acids is 1. The van der Waals surface area contributed by atoms with Crippen LogP contribution in [0.15, 0.2) is 24.3 Å². The molecule has 1 fully saturated rings. The lowest BCUT2D eigenvalue weighted by atomic mass is 9.72. The van der Waals surface area contributed by atoms with Crippen LogP contribution in [0.4, 0.5) is 10.5 Å². The minimum Gasteiger partial charge on any atom is -0.481 e. The first-order valence-electron chi connectivity index (χ1n) is 6.98. The topological polar surface area (TPSA) is 78.4 Å². The molecule has 1 aromatic rings. The summed E-state index contributed by atoms with van der Waals surface area (Å²) >= 11 is 5.86. The Labute approximate surface area is 128 Å². The van der Waals surface area contributed by atoms with Gasteiger partial charge in [-0.25, -0.2) is 4.79 Å². The number of anilines is 1.